The lowest BCUT2D eigenvalue weighted by molar-refractivity contribution is 0.917. The molecule has 8 rings (SSSR count). The number of rotatable bonds is 4. The zero-order valence-corrected chi connectivity index (χ0v) is 18.1. The van der Waals surface area contributed by atoms with Crippen LogP contribution in [0.2, 0.25) is 0 Å². The molecule has 32 heavy (non-hydrogen) atoms. The lowest BCUT2D eigenvalue weighted by atomic mass is 9.90. The van der Waals surface area contributed by atoms with Crippen LogP contribution in [0.5, 0.6) is 0 Å². The molecule has 4 aromatic rings. The molecule has 4 aliphatic carbocycles. The van der Waals surface area contributed by atoms with Crippen LogP contribution in [0.4, 0.5) is 0 Å². The molecule has 2 heteroatoms. The average molecular weight is 415 g/mol. The molecule has 0 saturated heterocycles. The van der Waals surface area contributed by atoms with E-state index in [0.717, 1.165) is 25.7 Å². The van der Waals surface area contributed by atoms with Gasteiger partial charge >= 0.3 is 0 Å². The highest BCUT2D eigenvalue weighted by molar-refractivity contribution is 5.72. The van der Waals surface area contributed by atoms with E-state index in [1.807, 2.05) is 49.1 Å². The fourth-order valence-electron chi connectivity index (χ4n) is 4.24. The fraction of sp³-hybridized carbons (Fsp3) is 0.133. The molecule has 0 unspecified atom stereocenters. The normalized spacial score (nSPS) is 13.5. The van der Waals surface area contributed by atoms with E-state index < -0.39 is 0 Å². The second kappa shape index (κ2) is 9.57. The molecule has 0 aliphatic heterocycles. The molecule has 0 amide bonds. The summed E-state index contributed by atoms with van der Waals surface area (Å²) in [5.41, 5.74) is 10.6. The third-order valence-electron chi connectivity index (χ3n) is 6.11. The average Bonchev–Trinajstić information content (AvgIpc) is 2.84. The Morgan fingerprint density at radius 2 is 0.906 bits per heavy atom. The second-order valence-corrected chi connectivity index (χ2v) is 8.29. The molecule has 0 fully saturated rings. The molecule has 4 bridgehead atoms. The molecule has 0 radical (unpaired) electrons. The highest BCUT2D eigenvalue weighted by Gasteiger charge is 2.09. The Kier molecular flexibility index (Phi) is 6.02. The topological polar surface area (TPSA) is 25.8 Å². The number of benzene rings is 2. The molecule has 2 aromatic carbocycles. The number of hydrogen-bond donors (Lipinski definition) is 0. The quantitative estimate of drug-likeness (QED) is 0.371. The van der Waals surface area contributed by atoms with E-state index in [-0.39, 0.29) is 0 Å². The standard InChI is InChI=1S/C30H26N2/c1(23-13-17-31-18-14-23)11-29-21-25-3-7-27(29)9-5-26-4-8-28(10-6-25)30(22-26)12-2-24-15-19-32-20-16-24/h1-4,7-8,11-22H,5-6,9-10H2/b11-1+,12-2+. The lowest BCUT2D eigenvalue weighted by Gasteiger charge is -2.15. The summed E-state index contributed by atoms with van der Waals surface area (Å²) in [5.74, 6) is 0. The summed E-state index contributed by atoms with van der Waals surface area (Å²) in [5, 5.41) is 0. The first-order chi connectivity index (χ1) is 15.8. The maximum absolute atomic E-state index is 4.11. The van der Waals surface area contributed by atoms with Gasteiger partial charge in [-0.05, 0) is 94.5 Å². The van der Waals surface area contributed by atoms with Crippen LogP contribution in [0.1, 0.15) is 44.5 Å². The summed E-state index contributed by atoms with van der Waals surface area (Å²) >= 11 is 0. The highest BCUT2D eigenvalue weighted by atomic mass is 14.6. The Morgan fingerprint density at radius 3 is 1.34 bits per heavy atom. The van der Waals surface area contributed by atoms with Crippen LogP contribution < -0.4 is 0 Å². The van der Waals surface area contributed by atoms with Crippen LogP contribution in [-0.2, 0) is 25.7 Å². The first-order valence-electron chi connectivity index (χ1n) is 11.2. The van der Waals surface area contributed by atoms with Crippen molar-refractivity contribution in [2.75, 3.05) is 0 Å². The lowest BCUT2D eigenvalue weighted by Crippen LogP contribution is -2.02. The summed E-state index contributed by atoms with van der Waals surface area (Å²) in [6.07, 6.45) is 20.4. The smallest absolute Gasteiger partial charge is 0.0273 e. The summed E-state index contributed by atoms with van der Waals surface area (Å²) < 4.78 is 0. The number of aryl methyl sites for hydroxylation is 4. The van der Waals surface area contributed by atoms with Crippen LogP contribution in [-0.4, -0.2) is 9.97 Å². The van der Waals surface area contributed by atoms with Crippen molar-refractivity contribution < 1.29 is 0 Å². The molecular weight excluding hydrogens is 388 g/mol. The number of pyridine rings is 2. The van der Waals surface area contributed by atoms with E-state index in [1.165, 1.54) is 44.5 Å². The molecule has 2 nitrogen and oxygen atoms in total. The van der Waals surface area contributed by atoms with Crippen LogP contribution in [0, 0.1) is 0 Å². The molecule has 2 aromatic heterocycles. The van der Waals surface area contributed by atoms with Crippen molar-refractivity contribution in [3.05, 3.63) is 130 Å². The van der Waals surface area contributed by atoms with Crippen LogP contribution in [0.15, 0.2) is 85.5 Å². The van der Waals surface area contributed by atoms with Gasteiger partial charge in [-0.1, -0.05) is 60.7 Å². The second-order valence-electron chi connectivity index (χ2n) is 8.29. The summed E-state index contributed by atoms with van der Waals surface area (Å²) in [6.45, 7) is 0. The Labute approximate surface area is 190 Å². The van der Waals surface area contributed by atoms with Gasteiger partial charge in [0.1, 0.15) is 0 Å². The molecule has 4 aliphatic rings. The minimum atomic E-state index is 1.03. The van der Waals surface area contributed by atoms with E-state index in [9.17, 15) is 0 Å². The van der Waals surface area contributed by atoms with Gasteiger partial charge < -0.3 is 0 Å². The van der Waals surface area contributed by atoms with Crippen molar-refractivity contribution in [3.8, 4) is 0 Å². The molecule has 0 atom stereocenters. The molecule has 0 spiro atoms. The van der Waals surface area contributed by atoms with Gasteiger partial charge in [-0.3, -0.25) is 9.97 Å². The van der Waals surface area contributed by atoms with E-state index >= 15 is 0 Å². The predicted molar refractivity (Wildman–Crippen MR) is 134 cm³/mol. The van der Waals surface area contributed by atoms with Gasteiger partial charge in [0.15, 0.2) is 0 Å². The van der Waals surface area contributed by atoms with Crippen LogP contribution in [0.25, 0.3) is 24.3 Å². The molecule has 156 valence electrons. The first kappa shape index (κ1) is 20.1. The highest BCUT2D eigenvalue weighted by Crippen LogP contribution is 2.24. The van der Waals surface area contributed by atoms with Crippen molar-refractivity contribution in [1.29, 1.82) is 0 Å². The van der Waals surface area contributed by atoms with Crippen molar-refractivity contribution in [2.45, 2.75) is 25.7 Å². The Hall–Kier alpha value is -3.78. The zero-order valence-electron chi connectivity index (χ0n) is 18.1. The van der Waals surface area contributed by atoms with Crippen molar-refractivity contribution in [3.63, 3.8) is 0 Å². The minimum absolute atomic E-state index is 1.03. The first-order valence-corrected chi connectivity index (χ1v) is 11.2. The molecular formula is C30H26N2. The van der Waals surface area contributed by atoms with Crippen molar-refractivity contribution >= 4 is 24.3 Å². The van der Waals surface area contributed by atoms with Gasteiger partial charge in [-0.15, -0.1) is 0 Å². The Morgan fingerprint density at radius 1 is 0.469 bits per heavy atom. The van der Waals surface area contributed by atoms with Crippen LogP contribution >= 0.6 is 0 Å². The summed E-state index contributed by atoms with van der Waals surface area (Å²) in [4.78, 5) is 8.23. The minimum Gasteiger partial charge on any atom is -0.265 e. The van der Waals surface area contributed by atoms with Crippen LogP contribution in [0.3, 0.4) is 0 Å². The van der Waals surface area contributed by atoms with Gasteiger partial charge in [0, 0.05) is 24.8 Å². The third kappa shape index (κ3) is 4.92. The van der Waals surface area contributed by atoms with E-state index in [2.05, 4.69) is 70.7 Å². The van der Waals surface area contributed by atoms with Gasteiger partial charge in [0.2, 0.25) is 0 Å². The fourth-order valence-corrected chi connectivity index (χ4v) is 4.24. The largest absolute Gasteiger partial charge is 0.265 e. The third-order valence-corrected chi connectivity index (χ3v) is 6.11. The monoisotopic (exact) mass is 414 g/mol. The number of aromatic nitrogens is 2. The summed E-state index contributed by atoms with van der Waals surface area (Å²) in [7, 11) is 0. The Bertz CT molecular complexity index is 1150. The number of hydrogen-bond acceptors (Lipinski definition) is 2. The molecule has 0 saturated carbocycles. The SMILES string of the molecule is C(=C\c1cc2ccc1CCc1ccc(c(/C=C/c3ccncc3)c1)CC2)/c1ccncc1. The van der Waals surface area contributed by atoms with Gasteiger partial charge in [-0.2, -0.15) is 0 Å². The number of nitrogens with zero attached hydrogens (tertiary/aromatic N) is 2. The Balaban J connectivity index is 1.43. The van der Waals surface area contributed by atoms with Crippen molar-refractivity contribution in [2.24, 2.45) is 0 Å². The van der Waals surface area contributed by atoms with E-state index in [0.29, 0.717) is 0 Å². The zero-order chi connectivity index (χ0) is 21.6. The summed E-state index contributed by atoms with van der Waals surface area (Å²) in [6, 6.07) is 22.2. The molecule has 2 heterocycles. The van der Waals surface area contributed by atoms with E-state index in [1.54, 1.807) is 0 Å². The molecule has 0 N–H and O–H groups in total. The maximum Gasteiger partial charge on any atom is 0.0273 e. The van der Waals surface area contributed by atoms with Crippen molar-refractivity contribution in [1.82, 2.24) is 9.97 Å². The predicted octanol–water partition coefficient (Wildman–Crippen LogP) is 6.70. The maximum atomic E-state index is 4.11. The van der Waals surface area contributed by atoms with Gasteiger partial charge in [0.05, 0.1) is 0 Å². The van der Waals surface area contributed by atoms with Gasteiger partial charge in [-0.25, -0.2) is 0 Å². The van der Waals surface area contributed by atoms with Gasteiger partial charge in [0.25, 0.3) is 0 Å². The van der Waals surface area contributed by atoms with E-state index in [4.69, 9.17) is 0 Å².